The van der Waals surface area contributed by atoms with Crippen LogP contribution in [0.25, 0.3) is 5.76 Å². The number of nitrogens with one attached hydrogen (secondary N) is 1. The number of hydrogen-bond donors (Lipinski definition) is 1. The highest BCUT2D eigenvalue weighted by Crippen LogP contribution is 2.40. The average molecular weight is 453 g/mol. The van der Waals surface area contributed by atoms with Crippen molar-refractivity contribution in [3.05, 3.63) is 70.5 Å². The summed E-state index contributed by atoms with van der Waals surface area (Å²) in [6.45, 7) is 8.62. The molecule has 2 unspecified atom stereocenters. The first-order valence-electron chi connectivity index (χ1n) is 11.5. The minimum Gasteiger partial charge on any atom is -0.872 e. The highest BCUT2D eigenvalue weighted by molar-refractivity contribution is 6.46. The summed E-state index contributed by atoms with van der Waals surface area (Å²) >= 11 is 0. The first-order chi connectivity index (χ1) is 15.8. The molecule has 0 aromatic heterocycles. The van der Waals surface area contributed by atoms with Gasteiger partial charge in [-0.15, -0.1) is 0 Å². The molecular weight excluding hydrogens is 423 g/mol. The van der Waals surface area contributed by atoms with Gasteiger partial charge in [0.25, 0.3) is 5.91 Å². The second kappa shape index (κ2) is 9.35. The van der Waals surface area contributed by atoms with Gasteiger partial charge in [0.05, 0.1) is 32.2 Å². The largest absolute Gasteiger partial charge is 0.872 e. The molecular formula is C26H29FN2O4. The zero-order chi connectivity index (χ0) is 23.7. The Balaban J connectivity index is 1.80. The Morgan fingerprint density at radius 3 is 2.61 bits per heavy atom. The summed E-state index contributed by atoms with van der Waals surface area (Å²) in [5.74, 6) is -1.98. The van der Waals surface area contributed by atoms with Crippen molar-refractivity contribution in [1.82, 2.24) is 4.90 Å². The van der Waals surface area contributed by atoms with Crippen molar-refractivity contribution in [2.45, 2.75) is 39.3 Å². The summed E-state index contributed by atoms with van der Waals surface area (Å²) in [5, 5.41) is 13.6. The Bertz CT molecular complexity index is 1110. The van der Waals surface area contributed by atoms with Gasteiger partial charge in [0.15, 0.2) is 0 Å². The third-order valence-electron chi connectivity index (χ3n) is 6.59. The summed E-state index contributed by atoms with van der Waals surface area (Å²) in [6, 6.07) is 10.0. The maximum absolute atomic E-state index is 14.9. The highest BCUT2D eigenvalue weighted by Gasteiger charge is 2.45. The Hall–Kier alpha value is -3.19. The van der Waals surface area contributed by atoms with Crippen LogP contribution >= 0.6 is 0 Å². The monoisotopic (exact) mass is 452 g/mol. The number of benzene rings is 2. The molecule has 1 fully saturated rings. The van der Waals surface area contributed by atoms with Gasteiger partial charge in [-0.05, 0) is 50.1 Å². The first-order valence-corrected chi connectivity index (χ1v) is 11.5. The minimum atomic E-state index is -1.04. The van der Waals surface area contributed by atoms with Gasteiger partial charge in [-0.3, -0.25) is 9.59 Å². The summed E-state index contributed by atoms with van der Waals surface area (Å²) in [4.78, 5) is 28.7. The summed E-state index contributed by atoms with van der Waals surface area (Å²) < 4.78 is 20.6. The average Bonchev–Trinajstić information content (AvgIpc) is 3.30. The molecule has 0 radical (unpaired) electrons. The molecule has 2 aliphatic rings. The molecule has 2 heterocycles. The number of carbonyl (C=O) groups is 2. The molecule has 1 N–H and O–H groups in total. The molecule has 2 aliphatic heterocycles. The minimum absolute atomic E-state index is 0.0110. The number of rotatable bonds is 7. The first kappa shape index (κ1) is 23.0. The molecule has 1 saturated heterocycles. The van der Waals surface area contributed by atoms with Crippen LogP contribution in [0.1, 0.15) is 43.5 Å². The number of Topliss-reactive ketones (excluding diaryl/α,β-unsaturated/α-hetero) is 1. The Kier molecular flexibility index (Phi) is 6.51. The topological polar surface area (TPSA) is 74.1 Å². The van der Waals surface area contributed by atoms with E-state index in [-0.39, 0.29) is 23.8 Å². The molecule has 7 heteroatoms. The van der Waals surface area contributed by atoms with Gasteiger partial charge < -0.3 is 19.6 Å². The van der Waals surface area contributed by atoms with E-state index in [4.69, 9.17) is 4.74 Å². The van der Waals surface area contributed by atoms with Crippen LogP contribution in [0.15, 0.2) is 48.0 Å². The summed E-state index contributed by atoms with van der Waals surface area (Å²) in [7, 11) is 0. The standard InChI is InChI=1S/C26H29FN2O4/c1-4-28(5-2)12-13-29-23(19-8-6-7-9-20(19)27)22(25(31)26(29)32)24(30)17-10-11-21-18(15-17)14-16(3)33-21/h6-11,15-16,23,30H,4-5,12-14H2,1-3H3/b24-22+. The van der Waals surface area contributed by atoms with Crippen LogP contribution in [0.4, 0.5) is 4.39 Å². The van der Waals surface area contributed by atoms with Gasteiger partial charge in [-0.1, -0.05) is 30.0 Å². The maximum atomic E-state index is 14.9. The SMILES string of the molecule is CC[NH+](CC)CCN1C(=O)C(=O)/C(=C(/[O-])c2ccc3c(c2)CC(C)O3)C1c1ccccc1F. The fourth-order valence-corrected chi connectivity index (χ4v) is 4.72. The van der Waals surface area contributed by atoms with Crippen LogP contribution in [0.5, 0.6) is 5.75 Å². The van der Waals surface area contributed by atoms with Crippen LogP contribution in [0, 0.1) is 5.82 Å². The molecule has 2 aromatic rings. The fraction of sp³-hybridized carbons (Fsp3) is 0.385. The van der Waals surface area contributed by atoms with E-state index in [1.165, 1.54) is 21.9 Å². The van der Waals surface area contributed by atoms with Gasteiger partial charge in [0.1, 0.15) is 17.7 Å². The Morgan fingerprint density at radius 2 is 1.91 bits per heavy atom. The van der Waals surface area contributed by atoms with E-state index in [9.17, 15) is 19.1 Å². The number of quaternary nitrogens is 1. The second-order valence-electron chi connectivity index (χ2n) is 8.66. The van der Waals surface area contributed by atoms with Crippen molar-refractivity contribution in [3.63, 3.8) is 0 Å². The van der Waals surface area contributed by atoms with E-state index in [1.807, 2.05) is 20.8 Å². The lowest BCUT2D eigenvalue weighted by Crippen LogP contribution is -3.12. The number of ketones is 1. The normalized spacial score (nSPS) is 21.5. The number of hydrogen-bond acceptors (Lipinski definition) is 4. The lowest BCUT2D eigenvalue weighted by molar-refractivity contribution is -0.895. The lowest BCUT2D eigenvalue weighted by Gasteiger charge is -2.28. The number of ether oxygens (including phenoxy) is 1. The molecule has 2 aromatic carbocycles. The Morgan fingerprint density at radius 1 is 1.18 bits per heavy atom. The molecule has 0 saturated carbocycles. The molecule has 0 bridgehead atoms. The van der Waals surface area contributed by atoms with E-state index < -0.39 is 29.3 Å². The molecule has 4 rings (SSSR count). The molecule has 2 atom stereocenters. The third kappa shape index (κ3) is 4.25. The van der Waals surface area contributed by atoms with Crippen LogP contribution in [0.3, 0.4) is 0 Å². The van der Waals surface area contributed by atoms with Gasteiger partial charge in [0.2, 0.25) is 5.78 Å². The number of carbonyl (C=O) groups excluding carboxylic acids is 2. The number of nitrogens with zero attached hydrogens (tertiary/aromatic N) is 1. The maximum Gasteiger partial charge on any atom is 0.295 e. The second-order valence-corrected chi connectivity index (χ2v) is 8.66. The zero-order valence-corrected chi connectivity index (χ0v) is 19.2. The van der Waals surface area contributed by atoms with Crippen molar-refractivity contribution in [1.29, 1.82) is 0 Å². The lowest BCUT2D eigenvalue weighted by atomic mass is 9.94. The van der Waals surface area contributed by atoms with Gasteiger partial charge in [-0.25, -0.2) is 4.39 Å². The molecule has 33 heavy (non-hydrogen) atoms. The molecule has 1 amide bonds. The highest BCUT2D eigenvalue weighted by atomic mass is 19.1. The quantitative estimate of drug-likeness (QED) is 0.391. The molecule has 6 nitrogen and oxygen atoms in total. The fourth-order valence-electron chi connectivity index (χ4n) is 4.72. The van der Waals surface area contributed by atoms with E-state index in [0.717, 1.165) is 18.7 Å². The van der Waals surface area contributed by atoms with Crippen LogP contribution in [0.2, 0.25) is 0 Å². The predicted molar refractivity (Wildman–Crippen MR) is 120 cm³/mol. The number of halogens is 1. The van der Waals surface area contributed by atoms with Crippen LogP contribution < -0.4 is 14.7 Å². The van der Waals surface area contributed by atoms with Crippen molar-refractivity contribution in [2.75, 3.05) is 26.2 Å². The zero-order valence-electron chi connectivity index (χ0n) is 19.2. The Labute approximate surface area is 193 Å². The number of likely N-dealkylation sites (N-methyl/N-ethyl adjacent to an activating group) is 1. The predicted octanol–water partition coefficient (Wildman–Crippen LogP) is 1.30. The van der Waals surface area contributed by atoms with Crippen molar-refractivity contribution in [3.8, 4) is 5.75 Å². The van der Waals surface area contributed by atoms with E-state index in [2.05, 4.69) is 0 Å². The number of amides is 1. The van der Waals surface area contributed by atoms with E-state index in [0.29, 0.717) is 24.3 Å². The molecule has 0 spiro atoms. The van der Waals surface area contributed by atoms with Gasteiger partial charge >= 0.3 is 0 Å². The van der Waals surface area contributed by atoms with Gasteiger partial charge in [0, 0.05) is 17.6 Å². The molecule has 0 aliphatic carbocycles. The van der Waals surface area contributed by atoms with E-state index in [1.54, 1.807) is 30.3 Å². The molecule has 174 valence electrons. The number of likely N-dealkylation sites (tertiary alicyclic amines) is 1. The summed E-state index contributed by atoms with van der Waals surface area (Å²) in [5.41, 5.74) is 1.16. The van der Waals surface area contributed by atoms with Crippen molar-refractivity contribution >= 4 is 17.4 Å². The number of fused-ring (bicyclic) bond motifs is 1. The van der Waals surface area contributed by atoms with Crippen molar-refractivity contribution < 1.29 is 28.7 Å². The van der Waals surface area contributed by atoms with Crippen LogP contribution in [-0.4, -0.2) is 48.9 Å². The van der Waals surface area contributed by atoms with Gasteiger partial charge in [-0.2, -0.15) is 0 Å². The third-order valence-corrected chi connectivity index (χ3v) is 6.59. The smallest absolute Gasteiger partial charge is 0.295 e. The van der Waals surface area contributed by atoms with Crippen molar-refractivity contribution in [2.24, 2.45) is 0 Å². The van der Waals surface area contributed by atoms with Crippen LogP contribution in [-0.2, 0) is 16.0 Å². The summed E-state index contributed by atoms with van der Waals surface area (Å²) in [6.07, 6.45) is 0.672. The van der Waals surface area contributed by atoms with E-state index >= 15 is 0 Å².